The average molecular weight is 805 g/mol. The molecule has 12 aromatic rings. The molecule has 0 aliphatic rings. The van der Waals surface area contributed by atoms with E-state index in [0.717, 1.165) is 66.8 Å². The molecule has 12 rings (SSSR count). The Bertz CT molecular complexity index is 3600. The van der Waals surface area contributed by atoms with Crippen LogP contribution in [0.4, 0.5) is 17.1 Å². The molecule has 3 heteroatoms. The van der Waals surface area contributed by atoms with Crippen LogP contribution in [0.15, 0.2) is 247 Å². The molecule has 0 aliphatic carbocycles. The van der Waals surface area contributed by atoms with Crippen LogP contribution < -0.4 is 4.90 Å². The lowest BCUT2D eigenvalue weighted by atomic mass is 9.95. The van der Waals surface area contributed by atoms with Crippen molar-refractivity contribution in [1.29, 1.82) is 0 Å². The Kier molecular flexibility index (Phi) is 8.83. The van der Waals surface area contributed by atoms with Crippen LogP contribution in [0.25, 0.3) is 93.9 Å². The van der Waals surface area contributed by atoms with E-state index in [9.17, 15) is 0 Å². The molecule has 0 aliphatic heterocycles. The summed E-state index contributed by atoms with van der Waals surface area (Å²) in [5.74, 6) is 0. The van der Waals surface area contributed by atoms with Crippen molar-refractivity contribution in [2.75, 3.05) is 4.90 Å². The summed E-state index contributed by atoms with van der Waals surface area (Å²) in [6, 6.07) is 87.1. The molecule has 0 bridgehead atoms. The molecule has 63 heavy (non-hydrogen) atoms. The van der Waals surface area contributed by atoms with Crippen molar-refractivity contribution in [1.82, 2.24) is 4.57 Å². The Morgan fingerprint density at radius 1 is 0.302 bits per heavy atom. The molecule has 0 fully saturated rings. The lowest BCUT2D eigenvalue weighted by Crippen LogP contribution is -2.09. The maximum atomic E-state index is 6.36. The molecule has 2 aromatic heterocycles. The first-order valence-electron chi connectivity index (χ1n) is 21.5. The van der Waals surface area contributed by atoms with E-state index in [1.165, 1.54) is 44.2 Å². The van der Waals surface area contributed by atoms with Crippen LogP contribution in [-0.4, -0.2) is 4.57 Å². The monoisotopic (exact) mass is 804 g/mol. The lowest BCUT2D eigenvalue weighted by Gasteiger charge is -2.26. The van der Waals surface area contributed by atoms with Gasteiger partial charge in [-0.2, -0.15) is 0 Å². The van der Waals surface area contributed by atoms with E-state index in [2.05, 4.69) is 240 Å². The van der Waals surface area contributed by atoms with Crippen LogP contribution in [-0.2, 0) is 0 Å². The quantitative estimate of drug-likeness (QED) is 0.153. The number of furan rings is 1. The topological polar surface area (TPSA) is 21.3 Å². The second-order valence-electron chi connectivity index (χ2n) is 16.1. The molecule has 296 valence electrons. The van der Waals surface area contributed by atoms with Gasteiger partial charge >= 0.3 is 0 Å². The summed E-state index contributed by atoms with van der Waals surface area (Å²) in [5.41, 5.74) is 18.0. The van der Waals surface area contributed by atoms with Crippen molar-refractivity contribution in [3.05, 3.63) is 243 Å². The smallest absolute Gasteiger partial charge is 0.137 e. The van der Waals surface area contributed by atoms with Gasteiger partial charge in [-0.05, 0) is 117 Å². The SMILES string of the molecule is c1ccc(-c2ccc(-c3ccc(N(c4ccccc4)c4cccc(-c5cccc(-c6cccc7c6c6ccccc6n7-c6ccc7c(c6)oc6ccccc67)c5)c4)cc3)cc2)cc1. The van der Waals surface area contributed by atoms with Crippen molar-refractivity contribution in [3.8, 4) is 50.2 Å². The average Bonchev–Trinajstić information content (AvgIpc) is 3.91. The van der Waals surface area contributed by atoms with Gasteiger partial charge in [-0.15, -0.1) is 0 Å². The zero-order valence-corrected chi connectivity index (χ0v) is 34.4. The van der Waals surface area contributed by atoms with Crippen LogP contribution in [0.1, 0.15) is 0 Å². The maximum Gasteiger partial charge on any atom is 0.137 e. The number of fused-ring (bicyclic) bond motifs is 6. The van der Waals surface area contributed by atoms with Gasteiger partial charge in [-0.1, -0.05) is 164 Å². The van der Waals surface area contributed by atoms with Crippen LogP contribution in [0.3, 0.4) is 0 Å². The normalized spacial score (nSPS) is 11.5. The second-order valence-corrected chi connectivity index (χ2v) is 16.1. The Morgan fingerprint density at radius 3 is 1.60 bits per heavy atom. The van der Waals surface area contributed by atoms with Gasteiger partial charge in [0, 0.05) is 50.4 Å². The van der Waals surface area contributed by atoms with Crippen molar-refractivity contribution < 1.29 is 4.42 Å². The highest BCUT2D eigenvalue weighted by molar-refractivity contribution is 6.16. The van der Waals surface area contributed by atoms with Gasteiger partial charge in [-0.25, -0.2) is 0 Å². The lowest BCUT2D eigenvalue weighted by molar-refractivity contribution is 0.668. The molecule has 0 amide bonds. The third-order valence-electron chi connectivity index (χ3n) is 12.4. The Labute approximate surface area is 366 Å². The molecule has 0 spiro atoms. The minimum Gasteiger partial charge on any atom is -0.456 e. The molecule has 0 unspecified atom stereocenters. The first-order chi connectivity index (χ1) is 31.2. The zero-order chi connectivity index (χ0) is 41.7. The highest BCUT2D eigenvalue weighted by Crippen LogP contribution is 2.42. The van der Waals surface area contributed by atoms with Crippen LogP contribution >= 0.6 is 0 Å². The van der Waals surface area contributed by atoms with E-state index in [0.29, 0.717) is 0 Å². The third kappa shape index (κ3) is 6.46. The van der Waals surface area contributed by atoms with Crippen molar-refractivity contribution in [3.63, 3.8) is 0 Å². The van der Waals surface area contributed by atoms with Gasteiger partial charge in [0.1, 0.15) is 11.2 Å². The summed E-state index contributed by atoms with van der Waals surface area (Å²) in [7, 11) is 0. The first kappa shape index (κ1) is 36.5. The number of anilines is 3. The molecule has 0 radical (unpaired) electrons. The van der Waals surface area contributed by atoms with E-state index in [4.69, 9.17) is 4.42 Å². The van der Waals surface area contributed by atoms with Gasteiger partial charge < -0.3 is 13.9 Å². The minimum atomic E-state index is 0.888. The summed E-state index contributed by atoms with van der Waals surface area (Å²) >= 11 is 0. The fraction of sp³-hybridized carbons (Fsp3) is 0. The predicted octanol–water partition coefficient (Wildman–Crippen LogP) is 16.8. The summed E-state index contributed by atoms with van der Waals surface area (Å²) in [6.07, 6.45) is 0. The number of benzene rings is 10. The van der Waals surface area contributed by atoms with Crippen molar-refractivity contribution in [2.45, 2.75) is 0 Å². The molecule has 0 saturated carbocycles. The molecule has 0 N–H and O–H groups in total. The van der Waals surface area contributed by atoms with Gasteiger partial charge in [0.2, 0.25) is 0 Å². The molecule has 10 aromatic carbocycles. The molecule has 3 nitrogen and oxygen atoms in total. The highest BCUT2D eigenvalue weighted by atomic mass is 16.3. The summed E-state index contributed by atoms with van der Waals surface area (Å²) in [5, 5.41) is 4.71. The largest absolute Gasteiger partial charge is 0.456 e. The van der Waals surface area contributed by atoms with E-state index >= 15 is 0 Å². The first-order valence-corrected chi connectivity index (χ1v) is 21.5. The number of hydrogen-bond acceptors (Lipinski definition) is 2. The molecule has 0 atom stereocenters. The fourth-order valence-electron chi connectivity index (χ4n) is 9.40. The third-order valence-corrected chi connectivity index (χ3v) is 12.4. The van der Waals surface area contributed by atoms with Crippen molar-refractivity contribution in [2.24, 2.45) is 0 Å². The van der Waals surface area contributed by atoms with Gasteiger partial charge in [0.05, 0.1) is 11.0 Å². The Morgan fingerprint density at radius 2 is 0.825 bits per heavy atom. The van der Waals surface area contributed by atoms with Crippen LogP contribution in [0.5, 0.6) is 0 Å². The van der Waals surface area contributed by atoms with Crippen LogP contribution in [0, 0.1) is 0 Å². The molecule has 0 saturated heterocycles. The number of hydrogen-bond donors (Lipinski definition) is 0. The minimum absolute atomic E-state index is 0.888. The van der Waals surface area contributed by atoms with Gasteiger partial charge in [0.25, 0.3) is 0 Å². The fourth-order valence-corrected chi connectivity index (χ4v) is 9.40. The van der Waals surface area contributed by atoms with Gasteiger partial charge in [-0.3, -0.25) is 0 Å². The molecular weight excluding hydrogens is 765 g/mol. The van der Waals surface area contributed by atoms with Crippen molar-refractivity contribution >= 4 is 60.8 Å². The number of aromatic nitrogens is 1. The highest BCUT2D eigenvalue weighted by Gasteiger charge is 2.19. The molecule has 2 heterocycles. The number of rotatable bonds is 8. The van der Waals surface area contributed by atoms with Crippen LogP contribution in [0.2, 0.25) is 0 Å². The Balaban J connectivity index is 0.909. The maximum absolute atomic E-state index is 6.36. The van der Waals surface area contributed by atoms with E-state index in [1.807, 2.05) is 12.1 Å². The van der Waals surface area contributed by atoms with E-state index < -0.39 is 0 Å². The second kappa shape index (κ2) is 15.3. The number of nitrogens with zero attached hydrogens (tertiary/aromatic N) is 2. The zero-order valence-electron chi connectivity index (χ0n) is 34.4. The standard InChI is InChI=1S/C60H40N2O/c1-3-14-41(15-4-1)42-28-30-43(31-29-42)44-32-34-49(35-33-44)61(48-19-5-2-6-20-48)50-21-12-17-46(39-50)45-16-11-18-47(38-45)52-24-13-26-57-60(52)55-23-7-9-25-56(55)62(57)51-36-37-54-53-22-8-10-27-58(53)63-59(54)40-51/h1-40H. The molecular formula is C60H40N2O. The van der Waals surface area contributed by atoms with E-state index in [1.54, 1.807) is 0 Å². The summed E-state index contributed by atoms with van der Waals surface area (Å²) < 4.78 is 8.73. The summed E-state index contributed by atoms with van der Waals surface area (Å²) in [6.45, 7) is 0. The van der Waals surface area contributed by atoms with Gasteiger partial charge in [0.15, 0.2) is 0 Å². The summed E-state index contributed by atoms with van der Waals surface area (Å²) in [4.78, 5) is 2.34. The Hall–Kier alpha value is -8.40. The van der Waals surface area contributed by atoms with E-state index in [-0.39, 0.29) is 0 Å². The number of para-hydroxylation sites is 3. The predicted molar refractivity (Wildman–Crippen MR) is 264 cm³/mol.